The number of aromatic nitrogens is 4. The van der Waals surface area contributed by atoms with Crippen LogP contribution in [-0.2, 0) is 13.0 Å². The molecule has 0 saturated carbocycles. The van der Waals surface area contributed by atoms with Gasteiger partial charge in [-0.3, -0.25) is 4.68 Å². The van der Waals surface area contributed by atoms with Crippen molar-refractivity contribution in [3.63, 3.8) is 0 Å². The molecule has 130 valence electrons. The summed E-state index contributed by atoms with van der Waals surface area (Å²) < 4.78 is 45.2. The quantitative estimate of drug-likeness (QED) is 0.505. The van der Waals surface area contributed by atoms with E-state index in [2.05, 4.69) is 10.1 Å². The molecule has 0 saturated heterocycles. The summed E-state index contributed by atoms with van der Waals surface area (Å²) in [6.45, 7) is 0.723. The van der Waals surface area contributed by atoms with E-state index in [9.17, 15) is 13.2 Å². The average Bonchev–Trinajstić information content (AvgIpc) is 3.32. The van der Waals surface area contributed by atoms with Crippen LogP contribution in [0.4, 0.5) is 13.2 Å². The smallest absolute Gasteiger partial charge is 0.161 e. The van der Waals surface area contributed by atoms with E-state index in [0.29, 0.717) is 11.8 Å². The Labute approximate surface area is 146 Å². The number of rotatable bonds is 2. The minimum absolute atomic E-state index is 0.0356. The molecule has 1 aromatic carbocycles. The maximum Gasteiger partial charge on any atom is 0.161 e. The van der Waals surface area contributed by atoms with Crippen molar-refractivity contribution in [2.24, 2.45) is 0 Å². The lowest BCUT2D eigenvalue weighted by Crippen LogP contribution is -1.96. The van der Waals surface area contributed by atoms with Crippen LogP contribution in [0.25, 0.3) is 28.0 Å². The largest absolute Gasteiger partial charge is 0.306 e. The molecular formula is C19H13F3N4. The fourth-order valence-corrected chi connectivity index (χ4v) is 3.60. The van der Waals surface area contributed by atoms with E-state index in [4.69, 9.17) is 0 Å². The van der Waals surface area contributed by atoms with Crippen molar-refractivity contribution in [1.29, 1.82) is 0 Å². The lowest BCUT2D eigenvalue weighted by Gasteiger charge is -2.08. The highest BCUT2D eigenvalue weighted by atomic mass is 19.2. The number of imidazole rings is 1. The molecular weight excluding hydrogens is 341 g/mol. The predicted molar refractivity (Wildman–Crippen MR) is 90.0 cm³/mol. The fourth-order valence-electron chi connectivity index (χ4n) is 3.60. The second kappa shape index (κ2) is 5.45. The van der Waals surface area contributed by atoms with Crippen LogP contribution in [0, 0.1) is 17.5 Å². The van der Waals surface area contributed by atoms with E-state index in [1.807, 2.05) is 33.6 Å². The van der Waals surface area contributed by atoms with Gasteiger partial charge in [-0.25, -0.2) is 18.2 Å². The lowest BCUT2D eigenvalue weighted by molar-refractivity contribution is 0.496. The number of hydrogen-bond donors (Lipinski definition) is 0. The van der Waals surface area contributed by atoms with E-state index in [1.54, 1.807) is 6.20 Å². The molecule has 0 N–H and O–H groups in total. The first-order chi connectivity index (χ1) is 12.6. The lowest BCUT2D eigenvalue weighted by atomic mass is 9.98. The summed E-state index contributed by atoms with van der Waals surface area (Å²) in [5.74, 6) is -3.13. The Balaban J connectivity index is 1.78. The Morgan fingerprint density at radius 2 is 1.85 bits per heavy atom. The Bertz CT molecular complexity index is 1160. The maximum absolute atomic E-state index is 14.4. The molecule has 0 atom stereocenters. The molecule has 7 heteroatoms. The summed E-state index contributed by atoms with van der Waals surface area (Å²) in [5, 5.41) is 4.50. The summed E-state index contributed by atoms with van der Waals surface area (Å²) in [4.78, 5) is 4.22. The third kappa shape index (κ3) is 2.16. The molecule has 26 heavy (non-hydrogen) atoms. The van der Waals surface area contributed by atoms with Gasteiger partial charge in [0.25, 0.3) is 0 Å². The van der Waals surface area contributed by atoms with Crippen molar-refractivity contribution in [1.82, 2.24) is 19.2 Å². The van der Waals surface area contributed by atoms with E-state index < -0.39 is 17.5 Å². The first-order valence-electron chi connectivity index (χ1n) is 8.29. The molecule has 1 aliphatic heterocycles. The van der Waals surface area contributed by atoms with Crippen molar-refractivity contribution in [2.45, 2.75) is 19.4 Å². The molecule has 0 bridgehead atoms. The summed E-state index contributed by atoms with van der Waals surface area (Å²) in [6.07, 6.45) is 7.15. The summed E-state index contributed by atoms with van der Waals surface area (Å²) >= 11 is 0. The topological polar surface area (TPSA) is 35.1 Å². The van der Waals surface area contributed by atoms with Gasteiger partial charge in [-0.2, -0.15) is 5.10 Å². The first-order valence-corrected chi connectivity index (χ1v) is 8.29. The van der Waals surface area contributed by atoms with Crippen molar-refractivity contribution < 1.29 is 13.2 Å². The highest BCUT2D eigenvalue weighted by Crippen LogP contribution is 2.38. The minimum Gasteiger partial charge on any atom is -0.306 e. The summed E-state index contributed by atoms with van der Waals surface area (Å²) in [7, 11) is 0. The van der Waals surface area contributed by atoms with Crippen LogP contribution >= 0.6 is 0 Å². The van der Waals surface area contributed by atoms with Gasteiger partial charge in [-0.15, -0.1) is 0 Å². The molecule has 3 aromatic heterocycles. The van der Waals surface area contributed by atoms with Crippen LogP contribution in [0.2, 0.25) is 0 Å². The summed E-state index contributed by atoms with van der Waals surface area (Å²) in [5.41, 5.74) is 3.64. The fraction of sp³-hybridized carbons (Fsp3) is 0.158. The standard InChI is InChI=1S/C19H13F3N4/c20-13-9-15(22)14(21)8-12(13)19-18(16-2-1-6-26(16)24-19)11-3-4-17-23-5-7-25(17)10-11/h3-5,7-10H,1-2,6H2. The first kappa shape index (κ1) is 15.2. The number of fused-ring (bicyclic) bond motifs is 2. The zero-order valence-electron chi connectivity index (χ0n) is 13.6. The highest BCUT2D eigenvalue weighted by molar-refractivity contribution is 5.83. The van der Waals surface area contributed by atoms with Gasteiger partial charge >= 0.3 is 0 Å². The monoisotopic (exact) mass is 354 g/mol. The summed E-state index contributed by atoms with van der Waals surface area (Å²) in [6, 6.07) is 5.19. The van der Waals surface area contributed by atoms with Crippen LogP contribution in [-0.4, -0.2) is 19.2 Å². The van der Waals surface area contributed by atoms with Crippen molar-refractivity contribution >= 4 is 5.65 Å². The number of aryl methyl sites for hydroxylation is 1. The Kier molecular flexibility index (Phi) is 3.19. The zero-order valence-corrected chi connectivity index (χ0v) is 13.6. The van der Waals surface area contributed by atoms with E-state index >= 15 is 0 Å². The molecule has 4 heterocycles. The van der Waals surface area contributed by atoms with E-state index in [1.165, 1.54) is 0 Å². The van der Waals surface area contributed by atoms with Gasteiger partial charge in [0.15, 0.2) is 11.6 Å². The number of nitrogens with zero attached hydrogens (tertiary/aromatic N) is 4. The molecule has 0 spiro atoms. The predicted octanol–water partition coefficient (Wildman–Crippen LogP) is 4.23. The number of halogens is 3. The van der Waals surface area contributed by atoms with Gasteiger partial charge in [0.1, 0.15) is 17.2 Å². The van der Waals surface area contributed by atoms with Gasteiger partial charge in [0, 0.05) is 53.6 Å². The average molecular weight is 354 g/mol. The highest BCUT2D eigenvalue weighted by Gasteiger charge is 2.26. The SMILES string of the molecule is Fc1cc(F)c(-c2nn3c(c2-c2ccc4nccn4c2)CCC3)cc1F. The van der Waals surface area contributed by atoms with Crippen molar-refractivity contribution in [3.8, 4) is 22.4 Å². The molecule has 0 amide bonds. The van der Waals surface area contributed by atoms with E-state index in [0.717, 1.165) is 47.9 Å². The van der Waals surface area contributed by atoms with Crippen LogP contribution in [0.15, 0.2) is 42.9 Å². The molecule has 0 radical (unpaired) electrons. The van der Waals surface area contributed by atoms with Crippen LogP contribution < -0.4 is 0 Å². The molecule has 4 nitrogen and oxygen atoms in total. The van der Waals surface area contributed by atoms with E-state index in [-0.39, 0.29) is 5.56 Å². The number of pyridine rings is 1. The van der Waals surface area contributed by atoms with Gasteiger partial charge in [-0.1, -0.05) is 0 Å². The normalized spacial score (nSPS) is 13.5. The Hall–Kier alpha value is -3.09. The third-order valence-electron chi connectivity index (χ3n) is 4.78. The van der Waals surface area contributed by atoms with Crippen molar-refractivity contribution in [3.05, 3.63) is 66.0 Å². The van der Waals surface area contributed by atoms with Crippen LogP contribution in [0.5, 0.6) is 0 Å². The third-order valence-corrected chi connectivity index (χ3v) is 4.78. The minimum atomic E-state index is -1.21. The van der Waals surface area contributed by atoms with Crippen molar-refractivity contribution in [2.75, 3.05) is 0 Å². The van der Waals surface area contributed by atoms with Gasteiger partial charge in [0.2, 0.25) is 0 Å². The van der Waals surface area contributed by atoms with Gasteiger partial charge in [0.05, 0.1) is 0 Å². The molecule has 0 fully saturated rings. The second-order valence-electron chi connectivity index (χ2n) is 6.35. The number of benzene rings is 1. The molecule has 0 unspecified atom stereocenters. The number of hydrogen-bond acceptors (Lipinski definition) is 2. The van der Waals surface area contributed by atoms with Crippen LogP contribution in [0.1, 0.15) is 12.1 Å². The van der Waals surface area contributed by atoms with Crippen LogP contribution in [0.3, 0.4) is 0 Å². The zero-order chi connectivity index (χ0) is 17.8. The molecule has 4 aromatic rings. The molecule has 0 aliphatic carbocycles. The molecule has 5 rings (SSSR count). The molecule has 1 aliphatic rings. The van der Waals surface area contributed by atoms with Gasteiger partial charge in [-0.05, 0) is 31.0 Å². The Morgan fingerprint density at radius 1 is 1.00 bits per heavy atom. The van der Waals surface area contributed by atoms with Gasteiger partial charge < -0.3 is 4.40 Å². The maximum atomic E-state index is 14.4. The Morgan fingerprint density at radius 3 is 2.73 bits per heavy atom. The second-order valence-corrected chi connectivity index (χ2v) is 6.35.